The fraction of sp³-hybridized carbons (Fsp3) is 0.0204. The molecule has 0 amide bonds. The zero-order valence-corrected chi connectivity index (χ0v) is 28.9. The Bertz CT molecular complexity index is 2520. The number of hydrogen-bond donors (Lipinski definition) is 0. The first-order valence-corrected chi connectivity index (χ1v) is 18.1. The average Bonchev–Trinajstić information content (AvgIpc) is 3.21. The highest BCUT2D eigenvalue weighted by Crippen LogP contribution is 2.46. The molecule has 8 aromatic rings. The fourth-order valence-corrected chi connectivity index (χ4v) is 8.36. The summed E-state index contributed by atoms with van der Waals surface area (Å²) in [5, 5.41) is 0. The molecule has 2 aliphatic heterocycles. The van der Waals surface area contributed by atoms with Crippen molar-refractivity contribution in [2.24, 2.45) is 0 Å². The van der Waals surface area contributed by atoms with Gasteiger partial charge in [0.15, 0.2) is 0 Å². The van der Waals surface area contributed by atoms with Crippen molar-refractivity contribution in [3.63, 3.8) is 0 Å². The highest BCUT2D eigenvalue weighted by atomic mass is 15.2. The second-order valence-corrected chi connectivity index (χ2v) is 13.9. The van der Waals surface area contributed by atoms with Gasteiger partial charge >= 0.3 is 0 Å². The van der Waals surface area contributed by atoms with Crippen LogP contribution in [-0.2, 0) is 0 Å². The third-order valence-electron chi connectivity index (χ3n) is 10.7. The molecule has 0 bridgehead atoms. The van der Waals surface area contributed by atoms with E-state index in [-0.39, 0.29) is 6.71 Å². The summed E-state index contributed by atoms with van der Waals surface area (Å²) < 4.78 is 0. The molecule has 0 saturated heterocycles. The van der Waals surface area contributed by atoms with Gasteiger partial charge in [-0.2, -0.15) is 0 Å². The lowest BCUT2D eigenvalue weighted by Gasteiger charge is -2.44. The standard InChI is InChI=1S/C49H35BN2/c1-34-29-47-49-48(30-34)52(42-32-39(36-17-7-3-8-18-36)31-40(33-42)37-19-9-4-10-20-37)46-24-14-12-22-44(46)50(49)43-21-11-13-23-45(43)51(47)41-27-25-38(26-28-41)35-15-5-2-6-16-35/h2-33H,1H3. The van der Waals surface area contributed by atoms with Crippen LogP contribution in [-0.4, -0.2) is 6.71 Å². The van der Waals surface area contributed by atoms with Gasteiger partial charge in [0.2, 0.25) is 0 Å². The van der Waals surface area contributed by atoms with Crippen molar-refractivity contribution in [2.45, 2.75) is 6.92 Å². The Balaban J connectivity index is 1.22. The summed E-state index contributed by atoms with van der Waals surface area (Å²) in [4.78, 5) is 5.00. The first-order valence-electron chi connectivity index (χ1n) is 18.1. The first kappa shape index (κ1) is 30.3. The van der Waals surface area contributed by atoms with E-state index >= 15 is 0 Å². The van der Waals surface area contributed by atoms with Gasteiger partial charge in [0.25, 0.3) is 6.71 Å². The van der Waals surface area contributed by atoms with Crippen molar-refractivity contribution >= 4 is 57.2 Å². The molecule has 52 heavy (non-hydrogen) atoms. The van der Waals surface area contributed by atoms with Crippen molar-refractivity contribution in [1.82, 2.24) is 0 Å². The SMILES string of the molecule is Cc1cc2c3c(c1)N(c1cc(-c4ccccc4)cc(-c4ccccc4)c1)c1ccccc1B3c1ccccc1N2c1ccc(-c2ccccc2)cc1. The number of nitrogens with zero attached hydrogens (tertiary/aromatic N) is 2. The second kappa shape index (κ2) is 12.3. The molecule has 0 unspecified atom stereocenters. The van der Waals surface area contributed by atoms with Crippen LogP contribution in [0, 0.1) is 6.92 Å². The number of fused-ring (bicyclic) bond motifs is 4. The Kier molecular flexibility index (Phi) is 7.18. The molecule has 2 nitrogen and oxygen atoms in total. The van der Waals surface area contributed by atoms with E-state index in [9.17, 15) is 0 Å². The number of benzene rings is 8. The monoisotopic (exact) mass is 662 g/mol. The van der Waals surface area contributed by atoms with E-state index in [4.69, 9.17) is 0 Å². The third kappa shape index (κ3) is 4.97. The smallest absolute Gasteiger partial charge is 0.252 e. The number of rotatable bonds is 5. The Morgan fingerprint density at radius 2 is 0.731 bits per heavy atom. The van der Waals surface area contributed by atoms with E-state index in [1.807, 2.05) is 0 Å². The van der Waals surface area contributed by atoms with E-state index in [0.717, 1.165) is 11.4 Å². The van der Waals surface area contributed by atoms with E-state index in [1.165, 1.54) is 78.1 Å². The second-order valence-electron chi connectivity index (χ2n) is 13.9. The van der Waals surface area contributed by atoms with Gasteiger partial charge in [-0.3, -0.25) is 0 Å². The molecule has 0 radical (unpaired) electrons. The molecule has 0 saturated carbocycles. The number of anilines is 6. The largest absolute Gasteiger partial charge is 0.311 e. The van der Waals surface area contributed by atoms with Gasteiger partial charge in [0.1, 0.15) is 0 Å². The summed E-state index contributed by atoms with van der Waals surface area (Å²) in [5.41, 5.74) is 19.6. The van der Waals surface area contributed by atoms with Crippen LogP contribution in [0.25, 0.3) is 33.4 Å². The Labute approximate surface area is 306 Å². The van der Waals surface area contributed by atoms with Crippen LogP contribution in [0.1, 0.15) is 5.56 Å². The number of hydrogen-bond acceptors (Lipinski definition) is 2. The molecule has 0 aromatic heterocycles. The lowest BCUT2D eigenvalue weighted by atomic mass is 9.33. The van der Waals surface area contributed by atoms with Crippen molar-refractivity contribution in [2.75, 3.05) is 9.80 Å². The van der Waals surface area contributed by atoms with Gasteiger partial charge in [-0.25, -0.2) is 0 Å². The van der Waals surface area contributed by atoms with E-state index < -0.39 is 0 Å². The lowest BCUT2D eigenvalue weighted by Crippen LogP contribution is -2.61. The Morgan fingerprint density at radius 1 is 0.327 bits per heavy atom. The molecule has 0 atom stereocenters. The van der Waals surface area contributed by atoms with Crippen molar-refractivity contribution in [1.29, 1.82) is 0 Å². The average molecular weight is 663 g/mol. The van der Waals surface area contributed by atoms with Gasteiger partial charge in [0, 0.05) is 34.1 Å². The molecule has 2 aliphatic rings. The van der Waals surface area contributed by atoms with E-state index in [1.54, 1.807) is 0 Å². The van der Waals surface area contributed by atoms with Crippen LogP contribution in [0.3, 0.4) is 0 Å². The van der Waals surface area contributed by atoms with Crippen LogP contribution in [0.4, 0.5) is 34.1 Å². The van der Waals surface area contributed by atoms with Crippen LogP contribution in [0.15, 0.2) is 194 Å². The zero-order valence-electron chi connectivity index (χ0n) is 28.9. The van der Waals surface area contributed by atoms with Gasteiger partial charge in [-0.1, -0.05) is 140 Å². The summed E-state index contributed by atoms with van der Waals surface area (Å²) >= 11 is 0. The fourth-order valence-electron chi connectivity index (χ4n) is 8.36. The van der Waals surface area contributed by atoms with Crippen molar-refractivity contribution in [3.8, 4) is 33.4 Å². The molecule has 10 rings (SSSR count). The normalized spacial score (nSPS) is 12.6. The Hall–Kier alpha value is -6.58. The number of aryl methyl sites for hydroxylation is 1. The maximum Gasteiger partial charge on any atom is 0.252 e. The molecule has 0 spiro atoms. The molecule has 2 heterocycles. The van der Waals surface area contributed by atoms with Gasteiger partial charge in [-0.05, 0) is 117 Å². The first-order chi connectivity index (χ1) is 25.7. The molecule has 0 fully saturated rings. The van der Waals surface area contributed by atoms with Crippen LogP contribution in [0.2, 0.25) is 0 Å². The van der Waals surface area contributed by atoms with Gasteiger partial charge in [0.05, 0.1) is 0 Å². The quantitative estimate of drug-likeness (QED) is 0.169. The van der Waals surface area contributed by atoms with Crippen LogP contribution >= 0.6 is 0 Å². The molecule has 0 N–H and O–H groups in total. The van der Waals surface area contributed by atoms with Crippen LogP contribution < -0.4 is 26.2 Å². The molecule has 0 aliphatic carbocycles. The summed E-state index contributed by atoms with van der Waals surface area (Å²) in [6, 6.07) is 71.0. The molecule has 8 aromatic carbocycles. The summed E-state index contributed by atoms with van der Waals surface area (Å²) in [6.45, 7) is 2.33. The molecule has 3 heteroatoms. The zero-order chi connectivity index (χ0) is 34.6. The summed E-state index contributed by atoms with van der Waals surface area (Å²) in [5.74, 6) is 0. The minimum Gasteiger partial charge on any atom is -0.311 e. The van der Waals surface area contributed by atoms with Crippen molar-refractivity contribution in [3.05, 3.63) is 200 Å². The van der Waals surface area contributed by atoms with Crippen molar-refractivity contribution < 1.29 is 0 Å². The maximum absolute atomic E-state index is 2.52. The minimum absolute atomic E-state index is 0.0972. The minimum atomic E-state index is 0.0972. The number of para-hydroxylation sites is 2. The van der Waals surface area contributed by atoms with Gasteiger partial charge in [-0.15, -0.1) is 0 Å². The Morgan fingerprint density at radius 3 is 1.23 bits per heavy atom. The predicted octanol–water partition coefficient (Wildman–Crippen LogP) is 11.1. The predicted molar refractivity (Wildman–Crippen MR) is 222 cm³/mol. The molecular formula is C49H35BN2. The maximum atomic E-state index is 2.52. The van der Waals surface area contributed by atoms with E-state index in [2.05, 4.69) is 211 Å². The summed E-state index contributed by atoms with van der Waals surface area (Å²) in [6.07, 6.45) is 0. The third-order valence-corrected chi connectivity index (χ3v) is 10.7. The van der Waals surface area contributed by atoms with E-state index in [0.29, 0.717) is 0 Å². The highest BCUT2D eigenvalue weighted by molar-refractivity contribution is 7.00. The lowest BCUT2D eigenvalue weighted by molar-refractivity contribution is 1.24. The van der Waals surface area contributed by atoms with Crippen LogP contribution in [0.5, 0.6) is 0 Å². The highest BCUT2D eigenvalue weighted by Gasteiger charge is 2.43. The van der Waals surface area contributed by atoms with Gasteiger partial charge < -0.3 is 9.80 Å². The topological polar surface area (TPSA) is 6.48 Å². The summed E-state index contributed by atoms with van der Waals surface area (Å²) in [7, 11) is 0. The molecular weight excluding hydrogens is 627 g/mol. The molecule has 244 valence electrons.